The van der Waals surface area contributed by atoms with Crippen molar-refractivity contribution < 1.29 is 27.1 Å². The predicted octanol–water partition coefficient (Wildman–Crippen LogP) is 3.10. The Kier molecular flexibility index (Phi) is 6.23. The van der Waals surface area contributed by atoms with E-state index in [0.29, 0.717) is 24.5 Å². The van der Waals surface area contributed by atoms with Crippen LogP contribution in [0.5, 0.6) is 11.5 Å². The van der Waals surface area contributed by atoms with Crippen LogP contribution in [0.2, 0.25) is 0 Å². The number of amides is 1. The summed E-state index contributed by atoms with van der Waals surface area (Å²) in [6.07, 6.45) is 0.558. The molecule has 0 aliphatic carbocycles. The van der Waals surface area contributed by atoms with Gasteiger partial charge in [0.25, 0.3) is 5.91 Å². The van der Waals surface area contributed by atoms with Gasteiger partial charge >= 0.3 is 0 Å². The Morgan fingerprint density at radius 2 is 1.69 bits per heavy atom. The first kappa shape index (κ1) is 20.5. The van der Waals surface area contributed by atoms with Gasteiger partial charge in [0, 0.05) is 6.54 Å². The number of carbonyl (C=O) groups excluding carboxylic acids is 1. The molecular weight excluding hydrogens is 394 g/mol. The first-order valence-electron chi connectivity index (χ1n) is 8.85. The van der Waals surface area contributed by atoms with Gasteiger partial charge in [0.1, 0.15) is 0 Å². The molecule has 3 aromatic rings. The molecule has 0 fully saturated rings. The molecule has 0 unspecified atom stereocenters. The number of rotatable bonds is 8. The second-order valence-electron chi connectivity index (χ2n) is 6.13. The fraction of sp³-hybridized carbons (Fsp3) is 0.190. The molecule has 152 valence electrons. The molecule has 1 aromatic heterocycles. The molecule has 29 heavy (non-hydrogen) atoms. The van der Waals surface area contributed by atoms with E-state index in [2.05, 4.69) is 5.32 Å². The van der Waals surface area contributed by atoms with Crippen LogP contribution in [0.15, 0.2) is 75.1 Å². The maximum absolute atomic E-state index is 12.5. The number of ether oxygens (including phenoxy) is 2. The molecule has 0 aliphatic heterocycles. The van der Waals surface area contributed by atoms with Crippen LogP contribution < -0.4 is 14.8 Å². The Balaban J connectivity index is 1.63. The Morgan fingerprint density at radius 3 is 2.38 bits per heavy atom. The van der Waals surface area contributed by atoms with E-state index < -0.39 is 15.7 Å². The van der Waals surface area contributed by atoms with Crippen molar-refractivity contribution in [1.29, 1.82) is 0 Å². The number of carbonyl (C=O) groups is 1. The molecule has 1 heterocycles. The maximum Gasteiger partial charge on any atom is 0.287 e. The molecule has 2 aromatic carbocycles. The lowest BCUT2D eigenvalue weighted by Gasteiger charge is -2.09. The van der Waals surface area contributed by atoms with Gasteiger partial charge in [-0.1, -0.05) is 24.3 Å². The molecule has 0 aliphatic rings. The zero-order valence-corrected chi connectivity index (χ0v) is 16.9. The summed E-state index contributed by atoms with van der Waals surface area (Å²) in [6, 6.07) is 16.1. The van der Waals surface area contributed by atoms with Gasteiger partial charge in [0.15, 0.2) is 17.3 Å². The van der Waals surface area contributed by atoms with Crippen molar-refractivity contribution in [3.05, 3.63) is 72.0 Å². The highest BCUT2D eigenvalue weighted by Gasteiger charge is 2.23. The highest BCUT2D eigenvalue weighted by atomic mass is 32.2. The van der Waals surface area contributed by atoms with Crippen molar-refractivity contribution in [2.75, 3.05) is 20.8 Å². The number of benzene rings is 2. The minimum absolute atomic E-state index is 0.0631. The van der Waals surface area contributed by atoms with Gasteiger partial charge in [-0.25, -0.2) is 8.42 Å². The van der Waals surface area contributed by atoms with Gasteiger partial charge in [-0.15, -0.1) is 0 Å². The molecule has 0 saturated carbocycles. The molecule has 0 bridgehead atoms. The van der Waals surface area contributed by atoms with Crippen LogP contribution in [0.4, 0.5) is 0 Å². The summed E-state index contributed by atoms with van der Waals surface area (Å²) in [5.74, 6) is 0.688. The van der Waals surface area contributed by atoms with Crippen LogP contribution in [0.3, 0.4) is 0 Å². The van der Waals surface area contributed by atoms with Crippen molar-refractivity contribution in [3.63, 3.8) is 0 Å². The summed E-state index contributed by atoms with van der Waals surface area (Å²) in [4.78, 5) is 12.4. The average molecular weight is 415 g/mol. The van der Waals surface area contributed by atoms with E-state index in [1.54, 1.807) is 38.5 Å². The summed E-state index contributed by atoms with van der Waals surface area (Å²) in [5, 5.41) is 2.45. The van der Waals surface area contributed by atoms with Gasteiger partial charge in [0.05, 0.1) is 19.1 Å². The average Bonchev–Trinajstić information content (AvgIpc) is 3.25. The van der Waals surface area contributed by atoms with Gasteiger partial charge in [-0.3, -0.25) is 4.79 Å². The second kappa shape index (κ2) is 8.83. The smallest absolute Gasteiger partial charge is 0.287 e. The topological polar surface area (TPSA) is 94.8 Å². The molecule has 1 N–H and O–H groups in total. The monoisotopic (exact) mass is 415 g/mol. The Morgan fingerprint density at radius 1 is 0.966 bits per heavy atom. The summed E-state index contributed by atoms with van der Waals surface area (Å²) < 4.78 is 40.8. The Hall–Kier alpha value is -3.26. The molecule has 0 atom stereocenters. The van der Waals surface area contributed by atoms with E-state index in [1.807, 2.05) is 12.1 Å². The van der Waals surface area contributed by atoms with Crippen LogP contribution in [-0.2, 0) is 16.3 Å². The lowest BCUT2D eigenvalue weighted by Crippen LogP contribution is -2.25. The SMILES string of the molecule is COc1ccc(CCNC(=O)c2ccc(S(=O)(=O)c3ccccc3)o2)cc1OC. The molecule has 7 nitrogen and oxygen atoms in total. The highest BCUT2D eigenvalue weighted by molar-refractivity contribution is 7.91. The largest absolute Gasteiger partial charge is 0.493 e. The fourth-order valence-electron chi connectivity index (χ4n) is 2.75. The predicted molar refractivity (Wildman–Crippen MR) is 106 cm³/mol. The number of furan rings is 1. The molecule has 0 radical (unpaired) electrons. The van der Waals surface area contributed by atoms with Crippen LogP contribution in [0.1, 0.15) is 16.1 Å². The zero-order valence-electron chi connectivity index (χ0n) is 16.0. The van der Waals surface area contributed by atoms with E-state index in [4.69, 9.17) is 13.9 Å². The quantitative estimate of drug-likeness (QED) is 0.607. The standard InChI is InChI=1S/C21H21NO6S/c1-26-17-9-8-15(14-19(17)27-2)12-13-22-21(23)18-10-11-20(28-18)29(24,25)16-6-4-3-5-7-16/h3-11,14H,12-13H2,1-2H3,(H,22,23). The third-order valence-corrected chi connectivity index (χ3v) is 5.91. The minimum atomic E-state index is -3.80. The third-order valence-electron chi connectivity index (χ3n) is 4.27. The fourth-order valence-corrected chi connectivity index (χ4v) is 3.94. The van der Waals surface area contributed by atoms with Crippen LogP contribution in [0.25, 0.3) is 0 Å². The Bertz CT molecular complexity index is 1090. The summed E-state index contributed by atoms with van der Waals surface area (Å²) in [6.45, 7) is 0.343. The Labute approximate surface area is 169 Å². The van der Waals surface area contributed by atoms with Crippen LogP contribution in [0, 0.1) is 0 Å². The number of hydrogen-bond acceptors (Lipinski definition) is 6. The number of hydrogen-bond donors (Lipinski definition) is 1. The van der Waals surface area contributed by atoms with Crippen molar-refractivity contribution in [3.8, 4) is 11.5 Å². The molecule has 1 amide bonds. The first-order chi connectivity index (χ1) is 14.0. The number of nitrogens with one attached hydrogen (secondary N) is 1. The van der Waals surface area contributed by atoms with Crippen LogP contribution in [-0.4, -0.2) is 35.1 Å². The first-order valence-corrected chi connectivity index (χ1v) is 10.3. The van der Waals surface area contributed by atoms with Gasteiger partial charge in [-0.05, 0) is 48.4 Å². The minimum Gasteiger partial charge on any atom is -0.493 e. The molecule has 3 rings (SSSR count). The maximum atomic E-state index is 12.5. The van der Waals surface area contributed by atoms with E-state index in [1.165, 1.54) is 24.3 Å². The van der Waals surface area contributed by atoms with E-state index in [-0.39, 0.29) is 15.7 Å². The molecule has 8 heteroatoms. The molecule has 0 saturated heterocycles. The van der Waals surface area contributed by atoms with Crippen molar-refractivity contribution in [2.24, 2.45) is 0 Å². The van der Waals surface area contributed by atoms with E-state index in [0.717, 1.165) is 5.56 Å². The summed E-state index contributed by atoms with van der Waals surface area (Å²) in [5.41, 5.74) is 0.953. The molecule has 0 spiro atoms. The van der Waals surface area contributed by atoms with Crippen LogP contribution >= 0.6 is 0 Å². The third kappa shape index (κ3) is 4.60. The molecular formula is C21H21NO6S. The van der Waals surface area contributed by atoms with E-state index in [9.17, 15) is 13.2 Å². The summed E-state index contributed by atoms with van der Waals surface area (Å²) >= 11 is 0. The van der Waals surface area contributed by atoms with E-state index >= 15 is 0 Å². The number of methoxy groups -OCH3 is 2. The van der Waals surface area contributed by atoms with Gasteiger partial charge in [-0.2, -0.15) is 0 Å². The van der Waals surface area contributed by atoms with Crippen molar-refractivity contribution >= 4 is 15.7 Å². The lowest BCUT2D eigenvalue weighted by molar-refractivity contribution is 0.0921. The summed E-state index contributed by atoms with van der Waals surface area (Å²) in [7, 11) is -0.682. The number of sulfone groups is 1. The highest BCUT2D eigenvalue weighted by Crippen LogP contribution is 2.27. The lowest BCUT2D eigenvalue weighted by atomic mass is 10.1. The van der Waals surface area contributed by atoms with Gasteiger partial charge in [0.2, 0.25) is 14.9 Å². The zero-order chi connectivity index (χ0) is 20.9. The van der Waals surface area contributed by atoms with Gasteiger partial charge < -0.3 is 19.2 Å². The normalized spacial score (nSPS) is 11.1. The van der Waals surface area contributed by atoms with Crippen molar-refractivity contribution in [1.82, 2.24) is 5.32 Å². The second-order valence-corrected chi connectivity index (χ2v) is 8.01. The van der Waals surface area contributed by atoms with Crippen molar-refractivity contribution in [2.45, 2.75) is 16.4 Å².